The third-order valence-corrected chi connectivity index (χ3v) is 6.96. The van der Waals surface area contributed by atoms with Crippen LogP contribution in [0, 0.1) is 11.8 Å². The van der Waals surface area contributed by atoms with E-state index in [1.165, 1.54) is 35.7 Å². The second-order valence-electron chi connectivity index (χ2n) is 7.52. The summed E-state index contributed by atoms with van der Waals surface area (Å²) in [5.74, 6) is 2.28. The smallest absolute Gasteiger partial charge is 0.190 e. The van der Waals surface area contributed by atoms with Gasteiger partial charge >= 0.3 is 0 Å². The molecule has 148 valence electrons. The van der Waals surface area contributed by atoms with Crippen molar-refractivity contribution in [1.82, 2.24) is 15.5 Å². The molecule has 0 spiro atoms. The zero-order valence-corrected chi connectivity index (χ0v) is 18.1. The van der Waals surface area contributed by atoms with Crippen molar-refractivity contribution in [1.29, 1.82) is 0 Å². The number of likely N-dealkylation sites (tertiary alicyclic amines) is 1. The highest BCUT2D eigenvalue weighted by atomic mass is 32.1. The number of hydrogen-bond donors (Lipinski definition) is 2. The molecule has 0 radical (unpaired) electrons. The molecule has 0 aliphatic carbocycles. The van der Waals surface area contributed by atoms with Gasteiger partial charge in [0.05, 0.1) is 0 Å². The number of hydrogen-bond acceptors (Lipinski definition) is 4. The summed E-state index contributed by atoms with van der Waals surface area (Å²) in [6.45, 7) is 7.79. The molecule has 1 aliphatic rings. The third-order valence-electron chi connectivity index (χ3n) is 5.20. The van der Waals surface area contributed by atoms with Crippen LogP contribution in [0.1, 0.15) is 29.5 Å². The normalized spacial score (nSPS) is 17.8. The third kappa shape index (κ3) is 6.94. The Hall–Kier alpha value is -1.37. The van der Waals surface area contributed by atoms with E-state index in [0.717, 1.165) is 37.9 Å². The van der Waals surface area contributed by atoms with Crippen LogP contribution in [0.4, 0.5) is 0 Å². The molecule has 0 saturated carbocycles. The molecule has 0 bridgehead atoms. The molecule has 1 saturated heterocycles. The molecule has 2 aromatic heterocycles. The lowest BCUT2D eigenvalue weighted by molar-refractivity contribution is 0.179. The van der Waals surface area contributed by atoms with Gasteiger partial charge in [0.2, 0.25) is 0 Å². The van der Waals surface area contributed by atoms with Crippen LogP contribution in [-0.2, 0) is 13.0 Å². The summed E-state index contributed by atoms with van der Waals surface area (Å²) in [5.41, 5.74) is 0. The first-order valence-electron chi connectivity index (χ1n) is 9.94. The molecule has 6 heteroatoms. The van der Waals surface area contributed by atoms with Gasteiger partial charge < -0.3 is 10.6 Å². The lowest BCUT2D eigenvalue weighted by Gasteiger charge is -2.32. The van der Waals surface area contributed by atoms with Gasteiger partial charge in [-0.15, -0.1) is 22.7 Å². The van der Waals surface area contributed by atoms with Crippen LogP contribution in [0.2, 0.25) is 0 Å². The maximum atomic E-state index is 4.39. The highest BCUT2D eigenvalue weighted by Crippen LogP contribution is 2.20. The van der Waals surface area contributed by atoms with E-state index in [4.69, 9.17) is 0 Å². The van der Waals surface area contributed by atoms with Gasteiger partial charge in [0.1, 0.15) is 0 Å². The number of nitrogens with zero attached hydrogens (tertiary/aromatic N) is 2. The maximum absolute atomic E-state index is 4.39. The van der Waals surface area contributed by atoms with Crippen LogP contribution in [0.5, 0.6) is 0 Å². The van der Waals surface area contributed by atoms with E-state index in [-0.39, 0.29) is 0 Å². The highest BCUT2D eigenvalue weighted by Gasteiger charge is 2.19. The summed E-state index contributed by atoms with van der Waals surface area (Å²) in [5, 5.41) is 11.4. The zero-order valence-electron chi connectivity index (χ0n) is 16.5. The van der Waals surface area contributed by atoms with Crippen molar-refractivity contribution < 1.29 is 0 Å². The Morgan fingerprint density at radius 1 is 1.15 bits per heavy atom. The number of nitrogens with one attached hydrogen (secondary N) is 2. The number of guanidine groups is 1. The summed E-state index contributed by atoms with van der Waals surface area (Å²) >= 11 is 3.71. The monoisotopic (exact) mass is 404 g/mol. The van der Waals surface area contributed by atoms with Crippen LogP contribution < -0.4 is 10.6 Å². The first-order valence-corrected chi connectivity index (χ1v) is 11.7. The minimum absolute atomic E-state index is 0.600. The summed E-state index contributed by atoms with van der Waals surface area (Å²) in [6.07, 6.45) is 3.67. The molecule has 27 heavy (non-hydrogen) atoms. The molecule has 0 amide bonds. The lowest BCUT2D eigenvalue weighted by atomic mass is 9.97. The minimum atomic E-state index is 0.600. The van der Waals surface area contributed by atoms with Gasteiger partial charge in [-0.3, -0.25) is 9.89 Å². The molecular formula is C21H32N4S2. The number of aliphatic imine (C=N–C) groups is 1. The fourth-order valence-corrected chi connectivity index (χ4v) is 5.16. The fraction of sp³-hybridized carbons (Fsp3) is 0.571. The Bertz CT molecular complexity index is 658. The highest BCUT2D eigenvalue weighted by molar-refractivity contribution is 7.10. The molecule has 2 N–H and O–H groups in total. The van der Waals surface area contributed by atoms with Gasteiger partial charge in [0, 0.05) is 36.4 Å². The van der Waals surface area contributed by atoms with Crippen molar-refractivity contribution >= 4 is 28.6 Å². The second kappa shape index (κ2) is 10.8. The number of rotatable bonds is 8. The molecule has 4 nitrogen and oxygen atoms in total. The SMILES string of the molecule is CN=C(NCC(C)Cc1cccs1)NCC1CCN(Cc2cccs2)CC1. The Morgan fingerprint density at radius 2 is 1.85 bits per heavy atom. The van der Waals surface area contributed by atoms with Gasteiger partial charge in [0.25, 0.3) is 0 Å². The van der Waals surface area contributed by atoms with E-state index in [9.17, 15) is 0 Å². The van der Waals surface area contributed by atoms with Crippen LogP contribution in [0.25, 0.3) is 0 Å². The quantitative estimate of drug-likeness (QED) is 0.515. The topological polar surface area (TPSA) is 39.7 Å². The molecular weight excluding hydrogens is 372 g/mol. The van der Waals surface area contributed by atoms with Gasteiger partial charge in [-0.05, 0) is 67.1 Å². The molecule has 2 aromatic rings. The number of piperidine rings is 1. The first-order chi connectivity index (χ1) is 13.2. The van der Waals surface area contributed by atoms with Gasteiger partial charge in [-0.1, -0.05) is 19.1 Å². The molecule has 1 aliphatic heterocycles. The average Bonchev–Trinajstić information content (AvgIpc) is 3.37. The Morgan fingerprint density at radius 3 is 2.48 bits per heavy atom. The van der Waals surface area contributed by atoms with Crippen molar-refractivity contribution in [2.45, 2.75) is 32.7 Å². The largest absolute Gasteiger partial charge is 0.356 e. The van der Waals surface area contributed by atoms with E-state index < -0.39 is 0 Å². The van der Waals surface area contributed by atoms with Crippen LogP contribution in [0.15, 0.2) is 40.0 Å². The summed E-state index contributed by atoms with van der Waals surface area (Å²) in [6, 6.07) is 8.75. The van der Waals surface area contributed by atoms with E-state index in [0.29, 0.717) is 5.92 Å². The Balaban J connectivity index is 1.31. The van der Waals surface area contributed by atoms with Crippen molar-refractivity contribution in [3.63, 3.8) is 0 Å². The van der Waals surface area contributed by atoms with Crippen molar-refractivity contribution in [3.05, 3.63) is 44.8 Å². The van der Waals surface area contributed by atoms with Crippen molar-refractivity contribution in [3.8, 4) is 0 Å². The van der Waals surface area contributed by atoms with Crippen molar-refractivity contribution in [2.24, 2.45) is 16.8 Å². The predicted octanol–water partition coefficient (Wildman–Crippen LogP) is 4.07. The van der Waals surface area contributed by atoms with Gasteiger partial charge in [-0.2, -0.15) is 0 Å². The summed E-state index contributed by atoms with van der Waals surface area (Å²) in [4.78, 5) is 9.92. The minimum Gasteiger partial charge on any atom is -0.356 e. The van der Waals surface area contributed by atoms with E-state index in [1.807, 2.05) is 29.7 Å². The Kier molecular flexibility index (Phi) is 8.17. The molecule has 3 heterocycles. The number of thiophene rings is 2. The maximum Gasteiger partial charge on any atom is 0.190 e. The van der Waals surface area contributed by atoms with E-state index in [1.54, 1.807) is 0 Å². The first kappa shape index (κ1) is 20.4. The molecule has 3 rings (SSSR count). The average molecular weight is 405 g/mol. The van der Waals surface area contributed by atoms with Crippen LogP contribution in [0.3, 0.4) is 0 Å². The van der Waals surface area contributed by atoms with Gasteiger partial charge in [-0.25, -0.2) is 0 Å². The molecule has 1 fully saturated rings. The molecule has 0 aromatic carbocycles. The van der Waals surface area contributed by atoms with Crippen LogP contribution in [-0.4, -0.2) is 44.1 Å². The fourth-order valence-electron chi connectivity index (χ4n) is 3.55. The van der Waals surface area contributed by atoms with Crippen LogP contribution >= 0.6 is 22.7 Å². The second-order valence-corrected chi connectivity index (χ2v) is 9.59. The zero-order chi connectivity index (χ0) is 18.9. The molecule has 1 atom stereocenters. The van der Waals surface area contributed by atoms with Crippen molar-refractivity contribution in [2.75, 3.05) is 33.2 Å². The summed E-state index contributed by atoms with van der Waals surface area (Å²) < 4.78 is 0. The Labute approximate surface area is 171 Å². The van der Waals surface area contributed by atoms with E-state index in [2.05, 4.69) is 62.5 Å². The van der Waals surface area contributed by atoms with E-state index >= 15 is 0 Å². The lowest BCUT2D eigenvalue weighted by Crippen LogP contribution is -2.43. The molecule has 1 unspecified atom stereocenters. The predicted molar refractivity (Wildman–Crippen MR) is 119 cm³/mol. The summed E-state index contributed by atoms with van der Waals surface area (Å²) in [7, 11) is 1.86. The van der Waals surface area contributed by atoms with Gasteiger partial charge in [0.15, 0.2) is 5.96 Å². The standard InChI is InChI=1S/C21H32N4S2/c1-17(13-19-5-3-11-26-19)14-23-21(22-2)24-15-18-7-9-25(10-8-18)16-20-6-4-12-27-20/h3-6,11-12,17-18H,7-10,13-16H2,1-2H3,(H2,22,23,24).